The Bertz CT molecular complexity index is 259. The predicted molar refractivity (Wildman–Crippen MR) is 77.9 cm³/mol. The first-order valence-corrected chi connectivity index (χ1v) is 7.58. The molecule has 0 radical (unpaired) electrons. The van der Waals surface area contributed by atoms with Crippen LogP contribution in [0.3, 0.4) is 0 Å². The average molecular weight is 253 g/mol. The van der Waals surface area contributed by atoms with Crippen molar-refractivity contribution in [1.82, 2.24) is 15.1 Å². The summed E-state index contributed by atoms with van der Waals surface area (Å²) in [6, 6.07) is 0. The van der Waals surface area contributed by atoms with Gasteiger partial charge in [-0.3, -0.25) is 0 Å². The molecule has 2 atom stereocenters. The van der Waals surface area contributed by atoms with Crippen LogP contribution in [0.4, 0.5) is 0 Å². The Morgan fingerprint density at radius 2 is 1.78 bits per heavy atom. The molecule has 106 valence electrons. The van der Waals surface area contributed by atoms with Gasteiger partial charge in [-0.15, -0.1) is 0 Å². The normalized spacial score (nSPS) is 31.3. The van der Waals surface area contributed by atoms with Gasteiger partial charge in [-0.1, -0.05) is 0 Å². The molecule has 2 unspecified atom stereocenters. The van der Waals surface area contributed by atoms with Crippen LogP contribution in [0.1, 0.15) is 33.6 Å². The van der Waals surface area contributed by atoms with Crippen LogP contribution in [0.15, 0.2) is 0 Å². The molecule has 0 bridgehead atoms. The maximum atomic E-state index is 3.65. The van der Waals surface area contributed by atoms with Crippen LogP contribution in [0.25, 0.3) is 0 Å². The van der Waals surface area contributed by atoms with Crippen molar-refractivity contribution in [2.75, 3.05) is 46.3 Å². The third kappa shape index (κ3) is 4.52. The van der Waals surface area contributed by atoms with E-state index < -0.39 is 0 Å². The average Bonchev–Trinajstić information content (AvgIpc) is 2.85. The van der Waals surface area contributed by atoms with Gasteiger partial charge in [0.1, 0.15) is 0 Å². The highest BCUT2D eigenvalue weighted by molar-refractivity contribution is 4.83. The fourth-order valence-electron chi connectivity index (χ4n) is 3.24. The summed E-state index contributed by atoms with van der Waals surface area (Å²) in [7, 11) is 2.25. The number of hydrogen-bond donors (Lipinski definition) is 1. The largest absolute Gasteiger partial charge is 0.312 e. The van der Waals surface area contributed by atoms with Crippen LogP contribution in [-0.4, -0.2) is 61.7 Å². The van der Waals surface area contributed by atoms with E-state index in [-0.39, 0.29) is 5.54 Å². The summed E-state index contributed by atoms with van der Waals surface area (Å²) in [5.41, 5.74) is 0.265. The summed E-state index contributed by atoms with van der Waals surface area (Å²) >= 11 is 0. The highest BCUT2D eigenvalue weighted by atomic mass is 15.2. The molecule has 2 aliphatic heterocycles. The molecular formula is C15H31N3. The number of nitrogens with zero attached hydrogens (tertiary/aromatic N) is 2. The quantitative estimate of drug-likeness (QED) is 0.822. The molecule has 0 aromatic carbocycles. The van der Waals surface area contributed by atoms with Crippen molar-refractivity contribution in [3.63, 3.8) is 0 Å². The van der Waals surface area contributed by atoms with Gasteiger partial charge in [0.25, 0.3) is 0 Å². The molecule has 0 aromatic heterocycles. The molecule has 2 heterocycles. The van der Waals surface area contributed by atoms with Crippen LogP contribution in [0, 0.1) is 11.8 Å². The minimum atomic E-state index is 0.265. The smallest absolute Gasteiger partial charge is 0.00966 e. The summed E-state index contributed by atoms with van der Waals surface area (Å²) in [6.45, 7) is 14.5. The van der Waals surface area contributed by atoms with Crippen LogP contribution >= 0.6 is 0 Å². The van der Waals surface area contributed by atoms with Gasteiger partial charge < -0.3 is 15.1 Å². The molecule has 3 heteroatoms. The zero-order valence-corrected chi connectivity index (χ0v) is 12.7. The Balaban J connectivity index is 1.65. The first-order valence-electron chi connectivity index (χ1n) is 7.58. The zero-order chi connectivity index (χ0) is 13.2. The van der Waals surface area contributed by atoms with Gasteiger partial charge in [0.05, 0.1) is 0 Å². The standard InChI is InChI=1S/C15H31N3/c1-15(2,3)16-9-13-6-8-18(11-13)12-14-5-7-17(4)10-14/h13-14,16H,5-12H2,1-4H3. The number of nitrogens with one attached hydrogen (secondary N) is 1. The summed E-state index contributed by atoms with van der Waals surface area (Å²) in [6.07, 6.45) is 2.78. The first-order chi connectivity index (χ1) is 8.42. The third-order valence-electron chi connectivity index (χ3n) is 4.30. The van der Waals surface area contributed by atoms with Gasteiger partial charge in [-0.05, 0) is 72.1 Å². The maximum Gasteiger partial charge on any atom is 0.00966 e. The van der Waals surface area contributed by atoms with Crippen molar-refractivity contribution in [2.24, 2.45) is 11.8 Å². The molecule has 18 heavy (non-hydrogen) atoms. The van der Waals surface area contributed by atoms with Gasteiger partial charge in [0, 0.05) is 25.2 Å². The molecule has 0 spiro atoms. The summed E-state index contributed by atoms with van der Waals surface area (Å²) in [5.74, 6) is 1.78. The maximum absolute atomic E-state index is 3.65. The second-order valence-electron chi connectivity index (χ2n) is 7.46. The number of hydrogen-bond acceptors (Lipinski definition) is 3. The van der Waals surface area contributed by atoms with Crippen molar-refractivity contribution in [2.45, 2.75) is 39.2 Å². The second-order valence-corrected chi connectivity index (χ2v) is 7.46. The third-order valence-corrected chi connectivity index (χ3v) is 4.30. The van der Waals surface area contributed by atoms with E-state index in [1.54, 1.807) is 0 Å². The van der Waals surface area contributed by atoms with Gasteiger partial charge in [0.15, 0.2) is 0 Å². The molecule has 2 rings (SSSR count). The molecule has 0 aliphatic carbocycles. The Morgan fingerprint density at radius 3 is 2.39 bits per heavy atom. The van der Waals surface area contributed by atoms with E-state index in [1.807, 2.05) is 0 Å². The van der Waals surface area contributed by atoms with Crippen molar-refractivity contribution < 1.29 is 0 Å². The molecule has 0 aromatic rings. The Labute approximate surface area is 113 Å². The summed E-state index contributed by atoms with van der Waals surface area (Å²) in [5, 5.41) is 3.65. The van der Waals surface area contributed by atoms with E-state index in [0.29, 0.717) is 0 Å². The van der Waals surface area contributed by atoms with E-state index in [4.69, 9.17) is 0 Å². The van der Waals surface area contributed by atoms with Gasteiger partial charge in [-0.2, -0.15) is 0 Å². The lowest BCUT2D eigenvalue weighted by molar-refractivity contribution is 0.262. The molecule has 0 saturated carbocycles. The summed E-state index contributed by atoms with van der Waals surface area (Å²) in [4.78, 5) is 5.16. The molecule has 2 saturated heterocycles. The van der Waals surface area contributed by atoms with Crippen molar-refractivity contribution in [1.29, 1.82) is 0 Å². The van der Waals surface area contributed by atoms with E-state index in [0.717, 1.165) is 11.8 Å². The topological polar surface area (TPSA) is 18.5 Å². The SMILES string of the molecule is CN1CCC(CN2CCC(CNC(C)(C)C)C2)C1. The Hall–Kier alpha value is -0.120. The van der Waals surface area contributed by atoms with Crippen LogP contribution in [0.5, 0.6) is 0 Å². The molecule has 3 nitrogen and oxygen atoms in total. The van der Waals surface area contributed by atoms with E-state index >= 15 is 0 Å². The van der Waals surface area contributed by atoms with Crippen molar-refractivity contribution in [3.05, 3.63) is 0 Å². The second kappa shape index (κ2) is 5.89. The van der Waals surface area contributed by atoms with E-state index in [9.17, 15) is 0 Å². The highest BCUT2D eigenvalue weighted by Crippen LogP contribution is 2.21. The Kier molecular flexibility index (Phi) is 4.68. The lowest BCUT2D eigenvalue weighted by Crippen LogP contribution is -2.40. The van der Waals surface area contributed by atoms with E-state index in [2.05, 4.69) is 42.9 Å². The monoisotopic (exact) mass is 253 g/mol. The van der Waals surface area contributed by atoms with Crippen LogP contribution in [-0.2, 0) is 0 Å². The lowest BCUT2D eigenvalue weighted by atomic mass is 10.1. The van der Waals surface area contributed by atoms with E-state index in [1.165, 1.54) is 52.1 Å². The minimum absolute atomic E-state index is 0.265. The number of rotatable bonds is 4. The van der Waals surface area contributed by atoms with Gasteiger partial charge >= 0.3 is 0 Å². The molecule has 2 fully saturated rings. The fraction of sp³-hybridized carbons (Fsp3) is 1.00. The van der Waals surface area contributed by atoms with Crippen LogP contribution < -0.4 is 5.32 Å². The summed E-state index contributed by atoms with van der Waals surface area (Å²) < 4.78 is 0. The molecule has 1 N–H and O–H groups in total. The molecular weight excluding hydrogens is 222 g/mol. The lowest BCUT2D eigenvalue weighted by Gasteiger charge is -2.24. The van der Waals surface area contributed by atoms with Gasteiger partial charge in [-0.25, -0.2) is 0 Å². The first kappa shape index (κ1) is 14.3. The Morgan fingerprint density at radius 1 is 1.06 bits per heavy atom. The zero-order valence-electron chi connectivity index (χ0n) is 12.7. The molecule has 2 aliphatic rings. The van der Waals surface area contributed by atoms with Crippen LogP contribution in [0.2, 0.25) is 0 Å². The minimum Gasteiger partial charge on any atom is -0.312 e. The number of likely N-dealkylation sites (tertiary alicyclic amines) is 2. The molecule has 0 amide bonds. The van der Waals surface area contributed by atoms with Gasteiger partial charge in [0.2, 0.25) is 0 Å². The van der Waals surface area contributed by atoms with Crippen molar-refractivity contribution in [3.8, 4) is 0 Å². The highest BCUT2D eigenvalue weighted by Gasteiger charge is 2.27. The fourth-order valence-corrected chi connectivity index (χ4v) is 3.24. The van der Waals surface area contributed by atoms with Crippen molar-refractivity contribution >= 4 is 0 Å². The predicted octanol–water partition coefficient (Wildman–Crippen LogP) is 1.65.